The number of rotatable bonds is 5. The average Bonchev–Trinajstić information content (AvgIpc) is 2.65. The number of nitrogens with one attached hydrogen (secondary N) is 1. The zero-order valence-corrected chi connectivity index (χ0v) is 12.9. The second-order valence-corrected chi connectivity index (χ2v) is 5.17. The molecule has 1 N–H and O–H groups in total. The molecule has 108 valence electrons. The van der Waals surface area contributed by atoms with E-state index in [0.717, 1.165) is 36.0 Å². The van der Waals surface area contributed by atoms with E-state index in [1.54, 1.807) is 0 Å². The van der Waals surface area contributed by atoms with Crippen LogP contribution in [0.5, 0.6) is 0 Å². The maximum atomic E-state index is 4.56. The Bertz CT molecular complexity index is 588. The quantitative estimate of drug-likeness (QED) is 0.902. The number of nitrogens with zero attached hydrogens (tertiary/aromatic N) is 4. The minimum Gasteiger partial charge on any atom is -0.354 e. The van der Waals surface area contributed by atoms with E-state index < -0.39 is 0 Å². The van der Waals surface area contributed by atoms with Crippen molar-refractivity contribution in [2.24, 2.45) is 7.05 Å². The second kappa shape index (κ2) is 6.05. The molecule has 0 amide bonds. The molecule has 0 atom stereocenters. The third-order valence-corrected chi connectivity index (χ3v) is 3.37. The van der Waals surface area contributed by atoms with Gasteiger partial charge in [0.15, 0.2) is 0 Å². The van der Waals surface area contributed by atoms with Crippen LogP contribution < -0.4 is 10.2 Å². The summed E-state index contributed by atoms with van der Waals surface area (Å²) in [5.41, 5.74) is 4.43. The van der Waals surface area contributed by atoms with E-state index in [9.17, 15) is 0 Å². The lowest BCUT2D eigenvalue weighted by Crippen LogP contribution is -2.22. The molecule has 0 spiro atoms. The lowest BCUT2D eigenvalue weighted by molar-refractivity contribution is 0.718. The van der Waals surface area contributed by atoms with Crippen molar-refractivity contribution in [3.63, 3.8) is 0 Å². The van der Waals surface area contributed by atoms with Crippen molar-refractivity contribution in [1.29, 1.82) is 0 Å². The summed E-state index contributed by atoms with van der Waals surface area (Å²) in [4.78, 5) is 6.77. The Hall–Kier alpha value is -1.88. The molecule has 2 rings (SSSR count). The van der Waals surface area contributed by atoms with Crippen molar-refractivity contribution in [3.05, 3.63) is 40.8 Å². The van der Waals surface area contributed by atoms with Crippen LogP contribution in [0.25, 0.3) is 0 Å². The van der Waals surface area contributed by atoms with E-state index in [-0.39, 0.29) is 0 Å². The van der Waals surface area contributed by atoms with Gasteiger partial charge in [-0.1, -0.05) is 6.07 Å². The molecule has 0 bridgehead atoms. The predicted molar refractivity (Wildman–Crippen MR) is 81.8 cm³/mol. The van der Waals surface area contributed by atoms with Gasteiger partial charge in [-0.25, -0.2) is 0 Å². The highest BCUT2D eigenvalue weighted by atomic mass is 15.4. The van der Waals surface area contributed by atoms with E-state index in [4.69, 9.17) is 0 Å². The molecule has 2 aromatic heterocycles. The standard InChI is InChI=1S/C15H23N5/c1-11-7-6-8-13(17-11)10-19(4)15-14(9-16-3)12(2)18-20(15)5/h6-8,16H,9-10H2,1-5H3. The molecule has 5 heteroatoms. The van der Waals surface area contributed by atoms with Crippen LogP contribution in [0.3, 0.4) is 0 Å². The topological polar surface area (TPSA) is 46.0 Å². The number of hydrogen-bond donors (Lipinski definition) is 1. The normalized spacial score (nSPS) is 10.8. The molecule has 2 aromatic rings. The molecule has 0 aliphatic rings. The minimum atomic E-state index is 0.775. The number of anilines is 1. The fourth-order valence-electron chi connectivity index (χ4n) is 2.56. The van der Waals surface area contributed by atoms with Gasteiger partial charge >= 0.3 is 0 Å². The van der Waals surface area contributed by atoms with Gasteiger partial charge in [0.05, 0.1) is 17.9 Å². The molecule has 20 heavy (non-hydrogen) atoms. The highest BCUT2D eigenvalue weighted by Crippen LogP contribution is 2.23. The van der Waals surface area contributed by atoms with Gasteiger partial charge < -0.3 is 10.2 Å². The maximum absolute atomic E-state index is 4.56. The molecule has 0 radical (unpaired) electrons. The van der Waals surface area contributed by atoms with Crippen molar-refractivity contribution in [3.8, 4) is 0 Å². The van der Waals surface area contributed by atoms with Gasteiger partial charge in [-0.2, -0.15) is 5.10 Å². The fraction of sp³-hybridized carbons (Fsp3) is 0.467. The molecule has 0 aliphatic carbocycles. The summed E-state index contributed by atoms with van der Waals surface area (Å²) in [6.45, 7) is 5.66. The molecule has 0 saturated carbocycles. The summed E-state index contributed by atoms with van der Waals surface area (Å²) < 4.78 is 1.94. The Balaban J connectivity index is 2.27. The largest absolute Gasteiger partial charge is 0.354 e. The van der Waals surface area contributed by atoms with Crippen molar-refractivity contribution in [1.82, 2.24) is 20.1 Å². The van der Waals surface area contributed by atoms with Crippen LogP contribution in [0.1, 0.15) is 22.6 Å². The number of aryl methyl sites for hydroxylation is 3. The first-order chi connectivity index (χ1) is 9.52. The number of pyridine rings is 1. The van der Waals surface area contributed by atoms with Crippen molar-refractivity contribution in [2.45, 2.75) is 26.9 Å². The number of hydrogen-bond acceptors (Lipinski definition) is 4. The Morgan fingerprint density at radius 3 is 2.70 bits per heavy atom. The summed E-state index contributed by atoms with van der Waals surface area (Å²) in [5.74, 6) is 1.14. The fourth-order valence-corrected chi connectivity index (χ4v) is 2.56. The Labute approximate surface area is 120 Å². The molecule has 0 saturated heterocycles. The first-order valence-electron chi connectivity index (χ1n) is 6.83. The third-order valence-electron chi connectivity index (χ3n) is 3.37. The van der Waals surface area contributed by atoms with Gasteiger partial charge in [0.2, 0.25) is 0 Å². The van der Waals surface area contributed by atoms with Crippen LogP contribution in [0.4, 0.5) is 5.82 Å². The van der Waals surface area contributed by atoms with Crippen molar-refractivity contribution >= 4 is 5.82 Å². The Kier molecular flexibility index (Phi) is 4.39. The Morgan fingerprint density at radius 2 is 2.05 bits per heavy atom. The van der Waals surface area contributed by atoms with E-state index in [2.05, 4.69) is 46.4 Å². The highest BCUT2D eigenvalue weighted by Gasteiger charge is 2.16. The van der Waals surface area contributed by atoms with Crippen LogP contribution >= 0.6 is 0 Å². The van der Waals surface area contributed by atoms with Crippen molar-refractivity contribution in [2.75, 3.05) is 19.0 Å². The zero-order valence-electron chi connectivity index (χ0n) is 12.9. The number of aromatic nitrogens is 3. The van der Waals surface area contributed by atoms with Gasteiger partial charge in [-0.05, 0) is 33.0 Å². The summed E-state index contributed by atoms with van der Waals surface area (Å²) in [6, 6.07) is 6.13. The van der Waals surface area contributed by atoms with E-state index in [1.165, 1.54) is 5.56 Å². The van der Waals surface area contributed by atoms with Gasteiger partial charge in [0.1, 0.15) is 5.82 Å². The molecule has 2 heterocycles. The lowest BCUT2D eigenvalue weighted by atomic mass is 10.2. The molecule has 0 unspecified atom stereocenters. The third kappa shape index (κ3) is 2.99. The Morgan fingerprint density at radius 1 is 1.30 bits per heavy atom. The monoisotopic (exact) mass is 273 g/mol. The van der Waals surface area contributed by atoms with E-state index in [0.29, 0.717) is 0 Å². The van der Waals surface area contributed by atoms with Crippen LogP contribution in [0.15, 0.2) is 18.2 Å². The molecule has 5 nitrogen and oxygen atoms in total. The molecular formula is C15H23N5. The summed E-state index contributed by atoms with van der Waals surface area (Å²) in [7, 11) is 6.03. The highest BCUT2D eigenvalue weighted by molar-refractivity contribution is 5.49. The first-order valence-corrected chi connectivity index (χ1v) is 6.83. The minimum absolute atomic E-state index is 0.775. The lowest BCUT2D eigenvalue weighted by Gasteiger charge is -2.21. The summed E-state index contributed by atoms with van der Waals surface area (Å²) >= 11 is 0. The summed E-state index contributed by atoms with van der Waals surface area (Å²) in [5, 5.41) is 7.74. The van der Waals surface area contributed by atoms with Crippen LogP contribution in [-0.2, 0) is 20.1 Å². The first kappa shape index (κ1) is 14.5. The molecule has 0 fully saturated rings. The van der Waals surface area contributed by atoms with Gasteiger partial charge in [0, 0.05) is 31.9 Å². The predicted octanol–water partition coefficient (Wildman–Crippen LogP) is 1.79. The van der Waals surface area contributed by atoms with Crippen molar-refractivity contribution < 1.29 is 0 Å². The second-order valence-electron chi connectivity index (χ2n) is 5.17. The van der Waals surface area contributed by atoms with Gasteiger partial charge in [0.25, 0.3) is 0 Å². The van der Waals surface area contributed by atoms with Gasteiger partial charge in [-0.3, -0.25) is 9.67 Å². The SMILES string of the molecule is CNCc1c(C)nn(C)c1N(C)Cc1cccc(C)n1. The van der Waals surface area contributed by atoms with Crippen LogP contribution in [-0.4, -0.2) is 28.9 Å². The average molecular weight is 273 g/mol. The molecule has 0 aliphatic heterocycles. The summed E-state index contributed by atoms with van der Waals surface area (Å²) in [6.07, 6.45) is 0. The smallest absolute Gasteiger partial charge is 0.131 e. The van der Waals surface area contributed by atoms with Crippen LogP contribution in [0.2, 0.25) is 0 Å². The van der Waals surface area contributed by atoms with Crippen LogP contribution in [0, 0.1) is 13.8 Å². The van der Waals surface area contributed by atoms with Gasteiger partial charge in [-0.15, -0.1) is 0 Å². The van der Waals surface area contributed by atoms with E-state index in [1.807, 2.05) is 31.8 Å². The zero-order chi connectivity index (χ0) is 14.7. The van der Waals surface area contributed by atoms with E-state index >= 15 is 0 Å². The molecule has 0 aromatic carbocycles. The maximum Gasteiger partial charge on any atom is 0.131 e. The molecular weight excluding hydrogens is 250 g/mol.